The summed E-state index contributed by atoms with van der Waals surface area (Å²) in [5, 5.41) is 13.0. The SMILES string of the molecule is CCOc1ccc(CC2SC(=C(C#N)C(=O)Nc3ccc(Cl)cc3)N(c3ccccc3)C2=O)cc1. The number of anilines is 2. The number of para-hydroxylation sites is 1. The summed E-state index contributed by atoms with van der Waals surface area (Å²) in [6.07, 6.45) is 0.445. The number of ether oxygens (including phenoxy) is 1. The van der Waals surface area contributed by atoms with Crippen LogP contribution in [0.1, 0.15) is 12.5 Å². The molecule has 1 unspecified atom stereocenters. The lowest BCUT2D eigenvalue weighted by atomic mass is 10.1. The summed E-state index contributed by atoms with van der Waals surface area (Å²) in [6, 6.07) is 25.2. The Kier molecular flexibility index (Phi) is 7.76. The van der Waals surface area contributed by atoms with Crippen LogP contribution in [0.5, 0.6) is 5.75 Å². The summed E-state index contributed by atoms with van der Waals surface area (Å²) in [5.74, 6) is -0.0105. The average molecular weight is 504 g/mol. The number of nitrogens with zero attached hydrogens (tertiary/aromatic N) is 2. The van der Waals surface area contributed by atoms with Gasteiger partial charge in [-0.2, -0.15) is 5.26 Å². The molecular weight excluding hydrogens is 482 g/mol. The zero-order valence-corrected chi connectivity index (χ0v) is 20.5. The molecule has 0 aromatic heterocycles. The van der Waals surface area contributed by atoms with Gasteiger partial charge in [0.05, 0.1) is 11.9 Å². The Morgan fingerprint density at radius 3 is 2.40 bits per heavy atom. The number of carbonyl (C=O) groups is 2. The lowest BCUT2D eigenvalue weighted by Gasteiger charge is -2.18. The fraction of sp³-hybridized carbons (Fsp3) is 0.148. The van der Waals surface area contributed by atoms with Crippen molar-refractivity contribution in [2.24, 2.45) is 0 Å². The molecule has 1 saturated heterocycles. The Morgan fingerprint density at radius 1 is 1.09 bits per heavy atom. The highest BCUT2D eigenvalue weighted by Gasteiger charge is 2.40. The van der Waals surface area contributed by atoms with Crippen LogP contribution in [-0.2, 0) is 16.0 Å². The van der Waals surface area contributed by atoms with Gasteiger partial charge in [0, 0.05) is 16.4 Å². The third-order valence-electron chi connectivity index (χ3n) is 5.28. The normalized spacial score (nSPS) is 16.5. The van der Waals surface area contributed by atoms with Crippen molar-refractivity contribution in [1.82, 2.24) is 0 Å². The highest BCUT2D eigenvalue weighted by molar-refractivity contribution is 8.05. The van der Waals surface area contributed by atoms with E-state index < -0.39 is 11.2 Å². The molecule has 0 radical (unpaired) electrons. The van der Waals surface area contributed by atoms with Crippen molar-refractivity contribution in [1.29, 1.82) is 5.26 Å². The lowest BCUT2D eigenvalue weighted by Crippen LogP contribution is -2.30. The van der Waals surface area contributed by atoms with Crippen LogP contribution in [0.4, 0.5) is 11.4 Å². The molecule has 176 valence electrons. The maximum atomic E-state index is 13.5. The van der Waals surface area contributed by atoms with Gasteiger partial charge in [0.2, 0.25) is 5.91 Å². The predicted octanol–water partition coefficient (Wildman–Crippen LogP) is 5.80. The Labute approximate surface area is 213 Å². The number of rotatable bonds is 7. The molecule has 6 nitrogen and oxygen atoms in total. The van der Waals surface area contributed by atoms with Gasteiger partial charge in [0.25, 0.3) is 5.91 Å². The fourth-order valence-electron chi connectivity index (χ4n) is 3.63. The summed E-state index contributed by atoms with van der Waals surface area (Å²) >= 11 is 7.15. The first-order chi connectivity index (χ1) is 17.0. The predicted molar refractivity (Wildman–Crippen MR) is 139 cm³/mol. The minimum atomic E-state index is -0.590. The number of thioether (sulfide) groups is 1. The van der Waals surface area contributed by atoms with Crippen LogP contribution >= 0.6 is 23.4 Å². The molecule has 1 aliphatic heterocycles. The summed E-state index contributed by atoms with van der Waals surface area (Å²) in [6.45, 7) is 2.50. The third kappa shape index (κ3) is 5.68. The van der Waals surface area contributed by atoms with Crippen molar-refractivity contribution < 1.29 is 14.3 Å². The third-order valence-corrected chi connectivity index (χ3v) is 6.79. The molecule has 3 aromatic carbocycles. The summed E-state index contributed by atoms with van der Waals surface area (Å²) in [7, 11) is 0. The van der Waals surface area contributed by atoms with Gasteiger partial charge in [0.1, 0.15) is 22.4 Å². The maximum absolute atomic E-state index is 13.5. The zero-order chi connectivity index (χ0) is 24.8. The van der Waals surface area contributed by atoms with Crippen molar-refractivity contribution >= 4 is 46.6 Å². The van der Waals surface area contributed by atoms with Gasteiger partial charge in [-0.3, -0.25) is 14.5 Å². The molecule has 8 heteroatoms. The highest BCUT2D eigenvalue weighted by atomic mass is 35.5. The van der Waals surface area contributed by atoms with Crippen LogP contribution < -0.4 is 15.0 Å². The quantitative estimate of drug-likeness (QED) is 0.325. The second-order valence-electron chi connectivity index (χ2n) is 7.65. The number of hydrogen-bond acceptors (Lipinski definition) is 5. The Balaban J connectivity index is 1.66. The van der Waals surface area contributed by atoms with Gasteiger partial charge < -0.3 is 10.1 Å². The molecule has 0 spiro atoms. The van der Waals surface area contributed by atoms with E-state index in [1.54, 1.807) is 36.4 Å². The van der Waals surface area contributed by atoms with Crippen molar-refractivity contribution in [3.63, 3.8) is 0 Å². The molecule has 4 rings (SSSR count). The molecule has 1 aliphatic rings. The van der Waals surface area contributed by atoms with Crippen molar-refractivity contribution in [2.45, 2.75) is 18.6 Å². The largest absolute Gasteiger partial charge is 0.494 e. The second kappa shape index (κ2) is 11.1. The maximum Gasteiger partial charge on any atom is 0.269 e. The molecule has 2 amide bonds. The minimum absolute atomic E-state index is 0.128. The van der Waals surface area contributed by atoms with Crippen molar-refractivity contribution in [2.75, 3.05) is 16.8 Å². The fourth-order valence-corrected chi connectivity index (χ4v) is 5.06. The van der Waals surface area contributed by atoms with E-state index in [-0.39, 0.29) is 11.5 Å². The van der Waals surface area contributed by atoms with E-state index in [0.717, 1.165) is 11.3 Å². The van der Waals surface area contributed by atoms with E-state index in [9.17, 15) is 14.9 Å². The summed E-state index contributed by atoms with van der Waals surface area (Å²) in [5.41, 5.74) is 1.93. The van der Waals surface area contributed by atoms with Crippen LogP contribution in [0.2, 0.25) is 5.02 Å². The van der Waals surface area contributed by atoms with Gasteiger partial charge in [-0.25, -0.2) is 0 Å². The van der Waals surface area contributed by atoms with Gasteiger partial charge in [0.15, 0.2) is 0 Å². The van der Waals surface area contributed by atoms with E-state index in [0.29, 0.717) is 34.5 Å². The van der Waals surface area contributed by atoms with E-state index in [1.807, 2.05) is 55.5 Å². The number of hydrogen-bond donors (Lipinski definition) is 1. The van der Waals surface area contributed by atoms with Crippen LogP contribution in [0.25, 0.3) is 0 Å². The number of halogens is 1. The molecule has 3 aromatic rings. The van der Waals surface area contributed by atoms with Gasteiger partial charge in [-0.1, -0.05) is 53.7 Å². The smallest absolute Gasteiger partial charge is 0.269 e. The van der Waals surface area contributed by atoms with Crippen LogP contribution in [0.15, 0.2) is 89.5 Å². The first kappa shape index (κ1) is 24.4. The first-order valence-electron chi connectivity index (χ1n) is 11.0. The molecule has 0 aliphatic carbocycles. The molecule has 35 heavy (non-hydrogen) atoms. The Morgan fingerprint density at radius 2 is 1.77 bits per heavy atom. The second-order valence-corrected chi connectivity index (χ2v) is 9.28. The molecule has 0 saturated carbocycles. The number of carbonyl (C=O) groups excluding carboxylic acids is 2. The van der Waals surface area contributed by atoms with E-state index >= 15 is 0 Å². The average Bonchev–Trinajstić information content (AvgIpc) is 3.18. The lowest BCUT2D eigenvalue weighted by molar-refractivity contribution is -0.117. The number of nitriles is 1. The molecule has 0 bridgehead atoms. The topological polar surface area (TPSA) is 82.4 Å². The van der Waals surface area contributed by atoms with Gasteiger partial charge in [-0.05, 0) is 67.4 Å². The van der Waals surface area contributed by atoms with E-state index in [4.69, 9.17) is 16.3 Å². The van der Waals surface area contributed by atoms with Gasteiger partial charge in [-0.15, -0.1) is 0 Å². The molecule has 1 heterocycles. The number of amides is 2. The van der Waals surface area contributed by atoms with E-state index in [2.05, 4.69) is 5.32 Å². The van der Waals surface area contributed by atoms with Crippen molar-refractivity contribution in [3.8, 4) is 11.8 Å². The first-order valence-corrected chi connectivity index (χ1v) is 12.2. The molecular formula is C27H22ClN3O3S. The van der Waals surface area contributed by atoms with E-state index in [1.165, 1.54) is 16.7 Å². The highest BCUT2D eigenvalue weighted by Crippen LogP contribution is 2.42. The number of benzene rings is 3. The summed E-state index contributed by atoms with van der Waals surface area (Å²) < 4.78 is 5.50. The van der Waals surface area contributed by atoms with Gasteiger partial charge >= 0.3 is 0 Å². The molecule has 1 fully saturated rings. The molecule has 1 atom stereocenters. The minimum Gasteiger partial charge on any atom is -0.494 e. The standard InChI is InChI=1S/C27H22ClN3O3S/c1-2-34-22-14-8-18(9-15-22)16-24-26(33)31(21-6-4-3-5-7-21)27(35-24)23(17-29)25(32)30-20-12-10-19(28)11-13-20/h3-15,24H,2,16H2,1H3,(H,30,32). The summed E-state index contributed by atoms with van der Waals surface area (Å²) in [4.78, 5) is 28.1. The number of nitrogens with one attached hydrogen (secondary N) is 1. The van der Waals surface area contributed by atoms with Crippen molar-refractivity contribution in [3.05, 3.63) is 100 Å². The Hall–Kier alpha value is -3.73. The zero-order valence-electron chi connectivity index (χ0n) is 18.9. The van der Waals surface area contributed by atoms with Crippen LogP contribution in [0, 0.1) is 11.3 Å². The monoisotopic (exact) mass is 503 g/mol. The van der Waals surface area contributed by atoms with Crippen LogP contribution in [0.3, 0.4) is 0 Å². The molecule has 1 N–H and O–H groups in total. The Bertz CT molecular complexity index is 1290. The van der Waals surface area contributed by atoms with Crippen LogP contribution in [-0.4, -0.2) is 23.7 Å².